The predicted molar refractivity (Wildman–Crippen MR) is 105 cm³/mol. The van der Waals surface area contributed by atoms with Crippen LogP contribution >= 0.6 is 0 Å². The van der Waals surface area contributed by atoms with Crippen LogP contribution in [-0.2, 0) is 16.0 Å². The summed E-state index contributed by atoms with van der Waals surface area (Å²) in [4.78, 5) is 26.0. The average molecular weight is 374 g/mol. The highest BCUT2D eigenvalue weighted by atomic mass is 16.5. The fourth-order valence-electron chi connectivity index (χ4n) is 4.27. The summed E-state index contributed by atoms with van der Waals surface area (Å²) >= 11 is 0. The van der Waals surface area contributed by atoms with Crippen LogP contribution in [0.25, 0.3) is 0 Å². The van der Waals surface area contributed by atoms with Crippen LogP contribution in [0.4, 0.5) is 11.8 Å². The lowest BCUT2D eigenvalue weighted by atomic mass is 9.91. The van der Waals surface area contributed by atoms with Crippen LogP contribution in [-0.4, -0.2) is 60.8 Å². The van der Waals surface area contributed by atoms with Crippen molar-refractivity contribution in [1.29, 1.82) is 0 Å². The number of hydrogen-bond donors (Lipinski definition) is 1. The van der Waals surface area contributed by atoms with Gasteiger partial charge in [0.05, 0.1) is 12.2 Å². The van der Waals surface area contributed by atoms with Gasteiger partial charge in [0.1, 0.15) is 5.82 Å². The van der Waals surface area contributed by atoms with Crippen LogP contribution in [0.15, 0.2) is 6.07 Å². The highest BCUT2D eigenvalue weighted by Gasteiger charge is 2.38. The Balaban J connectivity index is 1.48. The zero-order valence-corrected chi connectivity index (χ0v) is 16.4. The summed E-state index contributed by atoms with van der Waals surface area (Å²) in [6, 6.07) is 2.14. The molecular weight excluding hydrogens is 342 g/mol. The summed E-state index contributed by atoms with van der Waals surface area (Å²) in [5.41, 5.74) is 0.901. The van der Waals surface area contributed by atoms with Crippen molar-refractivity contribution in [2.45, 2.75) is 57.5 Å². The van der Waals surface area contributed by atoms with Crippen LogP contribution in [0, 0.1) is 0 Å². The minimum atomic E-state index is -0.209. The lowest BCUT2D eigenvalue weighted by Crippen LogP contribution is -2.51. The molecule has 3 fully saturated rings. The Bertz CT molecular complexity index is 666. The van der Waals surface area contributed by atoms with Crippen LogP contribution in [0.1, 0.15) is 51.1 Å². The third kappa shape index (κ3) is 4.18. The molecule has 1 spiro atoms. The molecule has 4 heterocycles. The van der Waals surface area contributed by atoms with Crippen LogP contribution in [0.2, 0.25) is 0 Å². The number of piperidine rings is 2. The average Bonchev–Trinajstić information content (AvgIpc) is 2.90. The topological polar surface area (TPSA) is 70.6 Å². The molecule has 148 valence electrons. The summed E-state index contributed by atoms with van der Waals surface area (Å²) in [6.45, 7) is 7.22. The van der Waals surface area contributed by atoms with Gasteiger partial charge in [0.15, 0.2) is 0 Å². The van der Waals surface area contributed by atoms with E-state index in [1.54, 1.807) is 0 Å². The van der Waals surface area contributed by atoms with Gasteiger partial charge in [0.2, 0.25) is 11.9 Å². The quantitative estimate of drug-likeness (QED) is 0.873. The Morgan fingerprint density at radius 1 is 1.11 bits per heavy atom. The van der Waals surface area contributed by atoms with E-state index in [-0.39, 0.29) is 11.5 Å². The minimum absolute atomic E-state index is 0.101. The first kappa shape index (κ1) is 18.5. The number of carbonyl (C=O) groups excluding carboxylic acids is 1. The van der Waals surface area contributed by atoms with Crippen LogP contribution in [0.3, 0.4) is 0 Å². The summed E-state index contributed by atoms with van der Waals surface area (Å²) in [5.74, 6) is 2.03. The Labute approximate surface area is 161 Å². The first-order valence-corrected chi connectivity index (χ1v) is 10.5. The summed E-state index contributed by atoms with van der Waals surface area (Å²) < 4.78 is 6.10. The Morgan fingerprint density at radius 2 is 1.89 bits per heavy atom. The molecule has 0 saturated carbocycles. The van der Waals surface area contributed by atoms with Crippen molar-refractivity contribution in [1.82, 2.24) is 15.3 Å². The maximum absolute atomic E-state index is 11.6. The number of aryl methyl sites for hydroxylation is 1. The highest BCUT2D eigenvalue weighted by molar-refractivity contribution is 5.76. The van der Waals surface area contributed by atoms with Crippen LogP contribution < -0.4 is 15.1 Å². The molecule has 27 heavy (non-hydrogen) atoms. The molecule has 1 N–H and O–H groups in total. The Kier molecular flexibility index (Phi) is 5.48. The lowest BCUT2D eigenvalue weighted by molar-refractivity contribution is -0.120. The molecule has 3 saturated heterocycles. The number of amides is 1. The van der Waals surface area contributed by atoms with E-state index in [1.807, 2.05) is 0 Å². The second kappa shape index (κ2) is 8.00. The molecule has 7 heteroatoms. The van der Waals surface area contributed by atoms with Gasteiger partial charge in [-0.15, -0.1) is 0 Å². The second-order valence-corrected chi connectivity index (χ2v) is 7.96. The van der Waals surface area contributed by atoms with Gasteiger partial charge in [-0.1, -0.05) is 6.92 Å². The molecule has 3 aliphatic rings. The molecule has 0 radical (unpaired) electrons. The minimum Gasteiger partial charge on any atom is -0.372 e. The molecule has 0 bridgehead atoms. The molecule has 7 nitrogen and oxygen atoms in total. The van der Waals surface area contributed by atoms with Crippen molar-refractivity contribution in [3.05, 3.63) is 11.8 Å². The molecule has 0 aromatic carbocycles. The molecule has 3 aliphatic heterocycles. The molecular formula is C20H31N5O2. The molecule has 4 rings (SSSR count). The summed E-state index contributed by atoms with van der Waals surface area (Å²) in [5, 5.41) is 3.02. The van der Waals surface area contributed by atoms with E-state index in [0.29, 0.717) is 19.6 Å². The number of ether oxygens (including phenoxy) is 1. The SMILES string of the molecule is CCc1cc(N2CCC3(CC2)CNC(=O)CCO3)nc(N2CCCCC2)n1. The lowest BCUT2D eigenvalue weighted by Gasteiger charge is -2.41. The summed E-state index contributed by atoms with van der Waals surface area (Å²) in [7, 11) is 0. The van der Waals surface area contributed by atoms with Crippen molar-refractivity contribution in [2.75, 3.05) is 49.1 Å². The first-order valence-electron chi connectivity index (χ1n) is 10.5. The van der Waals surface area contributed by atoms with E-state index < -0.39 is 0 Å². The number of nitrogens with zero attached hydrogens (tertiary/aromatic N) is 4. The van der Waals surface area contributed by atoms with Crippen molar-refractivity contribution < 1.29 is 9.53 Å². The van der Waals surface area contributed by atoms with Gasteiger partial charge in [-0.3, -0.25) is 4.79 Å². The van der Waals surface area contributed by atoms with Crippen molar-refractivity contribution in [3.63, 3.8) is 0 Å². The summed E-state index contributed by atoms with van der Waals surface area (Å²) in [6.07, 6.45) is 6.98. The van der Waals surface area contributed by atoms with Gasteiger partial charge in [0, 0.05) is 50.9 Å². The molecule has 1 amide bonds. The predicted octanol–water partition coefficient (Wildman–Crippen LogP) is 1.90. The van der Waals surface area contributed by atoms with Gasteiger partial charge in [-0.05, 0) is 38.5 Å². The highest BCUT2D eigenvalue weighted by Crippen LogP contribution is 2.30. The normalized spacial score (nSPS) is 23.2. The third-order valence-electron chi connectivity index (χ3n) is 6.10. The monoisotopic (exact) mass is 373 g/mol. The third-order valence-corrected chi connectivity index (χ3v) is 6.10. The van der Waals surface area contributed by atoms with Crippen molar-refractivity contribution >= 4 is 17.7 Å². The van der Waals surface area contributed by atoms with E-state index in [1.165, 1.54) is 19.3 Å². The van der Waals surface area contributed by atoms with E-state index in [2.05, 4.69) is 28.1 Å². The molecule has 1 aromatic heterocycles. The van der Waals surface area contributed by atoms with E-state index in [0.717, 1.165) is 62.9 Å². The number of carbonyl (C=O) groups is 1. The Morgan fingerprint density at radius 3 is 2.63 bits per heavy atom. The Hall–Kier alpha value is -1.89. The van der Waals surface area contributed by atoms with Gasteiger partial charge >= 0.3 is 0 Å². The van der Waals surface area contributed by atoms with E-state index >= 15 is 0 Å². The maximum atomic E-state index is 11.6. The zero-order valence-electron chi connectivity index (χ0n) is 16.4. The largest absolute Gasteiger partial charge is 0.372 e. The number of aromatic nitrogens is 2. The van der Waals surface area contributed by atoms with Gasteiger partial charge in [0.25, 0.3) is 0 Å². The molecule has 0 atom stereocenters. The van der Waals surface area contributed by atoms with Crippen LogP contribution in [0.5, 0.6) is 0 Å². The molecule has 0 unspecified atom stereocenters. The standard InChI is InChI=1S/C20H31N5O2/c1-2-16-14-17(23-19(22-16)25-9-4-3-5-10-25)24-11-7-20(8-12-24)15-21-18(26)6-13-27-20/h14H,2-13,15H2,1H3,(H,21,26). The fourth-order valence-corrected chi connectivity index (χ4v) is 4.27. The number of anilines is 2. The van der Waals surface area contributed by atoms with Gasteiger partial charge in [-0.2, -0.15) is 4.98 Å². The number of hydrogen-bond acceptors (Lipinski definition) is 6. The van der Waals surface area contributed by atoms with E-state index in [4.69, 9.17) is 14.7 Å². The number of nitrogens with one attached hydrogen (secondary N) is 1. The number of rotatable bonds is 3. The molecule has 1 aromatic rings. The molecule has 0 aliphatic carbocycles. The van der Waals surface area contributed by atoms with Crippen molar-refractivity contribution in [3.8, 4) is 0 Å². The van der Waals surface area contributed by atoms with Gasteiger partial charge < -0.3 is 19.9 Å². The zero-order chi connectivity index (χ0) is 18.7. The van der Waals surface area contributed by atoms with Crippen molar-refractivity contribution in [2.24, 2.45) is 0 Å². The fraction of sp³-hybridized carbons (Fsp3) is 0.750. The smallest absolute Gasteiger partial charge is 0.227 e. The van der Waals surface area contributed by atoms with Gasteiger partial charge in [-0.25, -0.2) is 4.98 Å². The maximum Gasteiger partial charge on any atom is 0.227 e. The second-order valence-electron chi connectivity index (χ2n) is 7.96. The first-order chi connectivity index (χ1) is 13.2. The van der Waals surface area contributed by atoms with E-state index in [9.17, 15) is 4.79 Å².